The lowest BCUT2D eigenvalue weighted by atomic mass is 10.2. The second-order valence-corrected chi connectivity index (χ2v) is 5.76. The fourth-order valence-corrected chi connectivity index (χ4v) is 2.87. The van der Waals surface area contributed by atoms with Crippen molar-refractivity contribution in [3.63, 3.8) is 0 Å². The molecule has 1 N–H and O–H groups in total. The molecule has 2 aromatic rings. The monoisotopic (exact) mass is 343 g/mol. The standard InChI is InChI=1S/C18H21N3O4/c1-24-14-5-3-13(4-6-14)20-7-9-21(10-8-20)18(23)15-11-16(22)17(25-2)12-19-15/h3-6,11-12H,7-10H2,1-2H3,(H,19,22). The van der Waals surface area contributed by atoms with Gasteiger partial charge in [-0.2, -0.15) is 0 Å². The highest BCUT2D eigenvalue weighted by Crippen LogP contribution is 2.20. The van der Waals surface area contributed by atoms with Crippen LogP contribution in [0.1, 0.15) is 10.5 Å². The quantitative estimate of drug-likeness (QED) is 0.907. The Morgan fingerprint density at radius 1 is 1.04 bits per heavy atom. The van der Waals surface area contributed by atoms with E-state index < -0.39 is 0 Å². The molecule has 0 saturated carbocycles. The molecule has 2 heterocycles. The van der Waals surface area contributed by atoms with Crippen molar-refractivity contribution in [2.24, 2.45) is 0 Å². The molecule has 0 atom stereocenters. The first-order valence-electron chi connectivity index (χ1n) is 8.07. The van der Waals surface area contributed by atoms with E-state index in [1.807, 2.05) is 24.3 Å². The van der Waals surface area contributed by atoms with E-state index in [1.54, 1.807) is 12.0 Å². The van der Waals surface area contributed by atoms with Gasteiger partial charge in [-0.05, 0) is 24.3 Å². The molecular formula is C18H21N3O4. The number of hydrogen-bond donors (Lipinski definition) is 1. The third-order valence-electron chi connectivity index (χ3n) is 4.33. The first-order chi connectivity index (χ1) is 12.1. The molecular weight excluding hydrogens is 322 g/mol. The molecule has 0 spiro atoms. The predicted molar refractivity (Wildman–Crippen MR) is 94.7 cm³/mol. The Morgan fingerprint density at radius 2 is 1.72 bits per heavy atom. The average Bonchev–Trinajstić information content (AvgIpc) is 2.67. The van der Waals surface area contributed by atoms with Crippen LogP contribution in [0.5, 0.6) is 11.5 Å². The summed E-state index contributed by atoms with van der Waals surface area (Å²) in [6.07, 6.45) is 1.42. The number of carbonyl (C=O) groups is 1. The normalized spacial score (nSPS) is 14.3. The van der Waals surface area contributed by atoms with Gasteiger partial charge in [0.25, 0.3) is 5.91 Å². The van der Waals surface area contributed by atoms with Crippen molar-refractivity contribution < 1.29 is 14.3 Å². The van der Waals surface area contributed by atoms with E-state index >= 15 is 0 Å². The average molecular weight is 343 g/mol. The summed E-state index contributed by atoms with van der Waals surface area (Å²) in [5.74, 6) is 0.844. The number of piperazine rings is 1. The van der Waals surface area contributed by atoms with Gasteiger partial charge < -0.3 is 24.3 Å². The molecule has 1 amide bonds. The summed E-state index contributed by atoms with van der Waals surface area (Å²) in [5.41, 5.74) is 1.08. The predicted octanol–water partition coefficient (Wildman–Crippen LogP) is 1.35. The van der Waals surface area contributed by atoms with Crippen LogP contribution in [-0.2, 0) is 0 Å². The maximum atomic E-state index is 12.6. The maximum Gasteiger partial charge on any atom is 0.270 e. The zero-order valence-electron chi connectivity index (χ0n) is 14.3. The smallest absolute Gasteiger partial charge is 0.270 e. The van der Waals surface area contributed by atoms with Crippen LogP contribution in [0, 0.1) is 0 Å². The highest BCUT2D eigenvalue weighted by atomic mass is 16.5. The molecule has 7 nitrogen and oxygen atoms in total. The Hall–Kier alpha value is -2.96. The van der Waals surface area contributed by atoms with Gasteiger partial charge in [-0.1, -0.05) is 0 Å². The molecule has 1 fully saturated rings. The van der Waals surface area contributed by atoms with Gasteiger partial charge in [-0.25, -0.2) is 0 Å². The SMILES string of the molecule is COc1ccc(N2CCN(C(=O)c3cc(=O)c(OC)c[nH]3)CC2)cc1. The molecule has 0 unspecified atom stereocenters. The molecule has 0 bridgehead atoms. The fraction of sp³-hybridized carbons (Fsp3) is 0.333. The Labute approximate surface area is 145 Å². The topological polar surface area (TPSA) is 74.9 Å². The maximum absolute atomic E-state index is 12.6. The number of methoxy groups -OCH3 is 2. The number of anilines is 1. The molecule has 1 aromatic carbocycles. The van der Waals surface area contributed by atoms with E-state index in [0.29, 0.717) is 13.1 Å². The first-order valence-corrected chi connectivity index (χ1v) is 8.07. The zero-order chi connectivity index (χ0) is 17.8. The summed E-state index contributed by atoms with van der Waals surface area (Å²) in [4.78, 5) is 31.2. The number of nitrogens with zero attached hydrogens (tertiary/aromatic N) is 2. The van der Waals surface area contributed by atoms with Gasteiger partial charge in [0.15, 0.2) is 5.75 Å². The van der Waals surface area contributed by atoms with Gasteiger partial charge in [-0.3, -0.25) is 9.59 Å². The number of nitrogens with one attached hydrogen (secondary N) is 1. The molecule has 1 aliphatic rings. The number of pyridine rings is 1. The van der Waals surface area contributed by atoms with Crippen molar-refractivity contribution in [3.05, 3.63) is 52.4 Å². The number of carbonyl (C=O) groups excluding carboxylic acids is 1. The van der Waals surface area contributed by atoms with E-state index in [-0.39, 0.29) is 22.8 Å². The van der Waals surface area contributed by atoms with Crippen molar-refractivity contribution in [1.82, 2.24) is 9.88 Å². The largest absolute Gasteiger partial charge is 0.497 e. The first kappa shape index (κ1) is 16.9. The molecule has 3 rings (SSSR count). The van der Waals surface area contributed by atoms with Gasteiger partial charge in [0.2, 0.25) is 5.43 Å². The van der Waals surface area contributed by atoms with E-state index in [0.717, 1.165) is 24.5 Å². The van der Waals surface area contributed by atoms with Crippen LogP contribution in [0.3, 0.4) is 0 Å². The lowest BCUT2D eigenvalue weighted by Gasteiger charge is -2.36. The highest BCUT2D eigenvalue weighted by Gasteiger charge is 2.23. The van der Waals surface area contributed by atoms with Crippen molar-refractivity contribution in [2.75, 3.05) is 45.3 Å². The third kappa shape index (κ3) is 3.60. The Bertz CT molecular complexity index is 793. The second kappa shape index (κ2) is 7.29. The highest BCUT2D eigenvalue weighted by molar-refractivity contribution is 5.92. The fourth-order valence-electron chi connectivity index (χ4n) is 2.87. The Kier molecular flexibility index (Phi) is 4.92. The Balaban J connectivity index is 1.64. The van der Waals surface area contributed by atoms with E-state index in [9.17, 15) is 9.59 Å². The van der Waals surface area contributed by atoms with Crippen molar-refractivity contribution in [2.45, 2.75) is 0 Å². The molecule has 1 saturated heterocycles. The summed E-state index contributed by atoms with van der Waals surface area (Å²) in [5, 5.41) is 0. The third-order valence-corrected chi connectivity index (χ3v) is 4.33. The van der Waals surface area contributed by atoms with Crippen molar-refractivity contribution in [3.8, 4) is 11.5 Å². The summed E-state index contributed by atoms with van der Waals surface area (Å²) in [6, 6.07) is 9.16. The molecule has 132 valence electrons. The number of amides is 1. The number of aromatic amines is 1. The van der Waals surface area contributed by atoms with Crippen molar-refractivity contribution in [1.29, 1.82) is 0 Å². The number of ether oxygens (including phenoxy) is 2. The lowest BCUT2D eigenvalue weighted by Crippen LogP contribution is -2.49. The van der Waals surface area contributed by atoms with Crippen molar-refractivity contribution >= 4 is 11.6 Å². The second-order valence-electron chi connectivity index (χ2n) is 5.76. The van der Waals surface area contributed by atoms with Crippen LogP contribution >= 0.6 is 0 Å². The molecule has 0 aliphatic carbocycles. The molecule has 25 heavy (non-hydrogen) atoms. The number of hydrogen-bond acceptors (Lipinski definition) is 5. The minimum absolute atomic E-state index is 0.172. The van der Waals surface area contributed by atoms with Crippen LogP contribution in [0.2, 0.25) is 0 Å². The lowest BCUT2D eigenvalue weighted by molar-refractivity contribution is 0.0740. The minimum atomic E-state index is -0.304. The zero-order valence-corrected chi connectivity index (χ0v) is 14.3. The summed E-state index contributed by atoms with van der Waals surface area (Å²) in [7, 11) is 3.06. The van der Waals surface area contributed by atoms with Gasteiger partial charge in [0, 0.05) is 44.1 Å². The molecule has 0 radical (unpaired) electrons. The van der Waals surface area contributed by atoms with Crippen LogP contribution in [0.15, 0.2) is 41.3 Å². The summed E-state index contributed by atoms with van der Waals surface area (Å²) < 4.78 is 10.1. The van der Waals surface area contributed by atoms with Gasteiger partial charge in [-0.15, -0.1) is 0 Å². The van der Waals surface area contributed by atoms with Crippen LogP contribution < -0.4 is 19.8 Å². The van der Waals surface area contributed by atoms with Crippen LogP contribution in [-0.4, -0.2) is 56.2 Å². The van der Waals surface area contributed by atoms with E-state index in [4.69, 9.17) is 9.47 Å². The summed E-state index contributed by atoms with van der Waals surface area (Å²) >= 11 is 0. The number of aromatic nitrogens is 1. The van der Waals surface area contributed by atoms with Crippen LogP contribution in [0.25, 0.3) is 0 Å². The van der Waals surface area contributed by atoms with Gasteiger partial charge in [0.1, 0.15) is 11.4 Å². The van der Waals surface area contributed by atoms with E-state index in [1.165, 1.54) is 19.4 Å². The minimum Gasteiger partial charge on any atom is -0.497 e. The van der Waals surface area contributed by atoms with Crippen LogP contribution in [0.4, 0.5) is 5.69 Å². The summed E-state index contributed by atoms with van der Waals surface area (Å²) in [6.45, 7) is 2.66. The van der Waals surface area contributed by atoms with Gasteiger partial charge in [0.05, 0.1) is 14.2 Å². The Morgan fingerprint density at radius 3 is 2.28 bits per heavy atom. The number of rotatable bonds is 4. The molecule has 7 heteroatoms. The molecule has 1 aromatic heterocycles. The van der Waals surface area contributed by atoms with E-state index in [2.05, 4.69) is 9.88 Å². The number of H-pyrrole nitrogens is 1. The number of benzene rings is 1. The molecule has 1 aliphatic heterocycles. The van der Waals surface area contributed by atoms with Gasteiger partial charge >= 0.3 is 0 Å².